The number of nitrogens with zero attached hydrogens (tertiary/aromatic N) is 1. The van der Waals surface area contributed by atoms with E-state index in [-0.39, 0.29) is 0 Å². The molecule has 0 amide bonds. The Morgan fingerprint density at radius 1 is 0.283 bits per heavy atom. The van der Waals surface area contributed by atoms with Gasteiger partial charge in [0.15, 0.2) is 0 Å². The summed E-state index contributed by atoms with van der Waals surface area (Å²) >= 11 is 0. The van der Waals surface area contributed by atoms with E-state index in [0.29, 0.717) is 0 Å². The molecular weight excluding hydrogens is 727 g/mol. The minimum absolute atomic E-state index is 0.877. The fraction of sp³-hybridized carbons (Fsp3) is 0. The van der Waals surface area contributed by atoms with Crippen molar-refractivity contribution >= 4 is 49.8 Å². The Balaban J connectivity index is 1.07. The van der Waals surface area contributed by atoms with Crippen molar-refractivity contribution in [3.63, 3.8) is 0 Å². The second-order valence-electron chi connectivity index (χ2n) is 15.2. The number of benzene rings is 10. The summed E-state index contributed by atoms with van der Waals surface area (Å²) in [6, 6.07) is 84.8. The molecule has 1 aromatic heterocycles. The van der Waals surface area contributed by atoms with Crippen LogP contribution in [0.25, 0.3) is 88.3 Å². The Morgan fingerprint density at radius 3 is 1.38 bits per heavy atom. The molecule has 0 unspecified atom stereocenters. The number of hydrogen-bond donors (Lipinski definition) is 0. The number of hydrogen-bond acceptors (Lipinski definition) is 2. The summed E-state index contributed by atoms with van der Waals surface area (Å²) in [5.41, 5.74) is 16.7. The van der Waals surface area contributed by atoms with E-state index >= 15 is 0 Å². The largest absolute Gasteiger partial charge is 0.455 e. The van der Waals surface area contributed by atoms with E-state index in [1.807, 2.05) is 0 Å². The van der Waals surface area contributed by atoms with E-state index < -0.39 is 0 Å². The lowest BCUT2D eigenvalue weighted by Crippen LogP contribution is -2.12. The fourth-order valence-electron chi connectivity index (χ4n) is 8.76. The maximum atomic E-state index is 6.69. The topological polar surface area (TPSA) is 16.4 Å². The summed E-state index contributed by atoms with van der Waals surface area (Å²) in [5, 5.41) is 4.52. The lowest BCUT2D eigenvalue weighted by Gasteiger charge is -2.30. The Kier molecular flexibility index (Phi) is 8.87. The van der Waals surface area contributed by atoms with Crippen LogP contribution in [0.4, 0.5) is 17.1 Å². The van der Waals surface area contributed by atoms with Crippen LogP contribution in [-0.4, -0.2) is 0 Å². The van der Waals surface area contributed by atoms with Gasteiger partial charge >= 0.3 is 0 Å². The van der Waals surface area contributed by atoms with Crippen LogP contribution in [0.15, 0.2) is 241 Å². The SMILES string of the molecule is c1ccc(-c2ccc(-c3ccc(N(c4ccccc4-c4ccc(-c5ccccc5)cc4)c4ccccc4-c4cccc5oc6c7ccccc7ccc6c45)cc3)cc2)cc1. The Bertz CT molecular complexity index is 3270. The van der Waals surface area contributed by atoms with Gasteiger partial charge in [0.25, 0.3) is 0 Å². The van der Waals surface area contributed by atoms with Crippen molar-refractivity contribution in [2.75, 3.05) is 4.90 Å². The highest BCUT2D eigenvalue weighted by atomic mass is 16.3. The molecule has 2 heteroatoms. The van der Waals surface area contributed by atoms with Gasteiger partial charge in [0.2, 0.25) is 0 Å². The minimum atomic E-state index is 0.877. The van der Waals surface area contributed by atoms with E-state index in [1.54, 1.807) is 0 Å². The molecule has 0 spiro atoms. The summed E-state index contributed by atoms with van der Waals surface area (Å²) in [6.07, 6.45) is 0. The van der Waals surface area contributed by atoms with Gasteiger partial charge in [-0.3, -0.25) is 0 Å². The molecule has 282 valence electrons. The molecule has 60 heavy (non-hydrogen) atoms. The number of anilines is 3. The summed E-state index contributed by atoms with van der Waals surface area (Å²) in [4.78, 5) is 2.43. The zero-order valence-corrected chi connectivity index (χ0v) is 32.9. The van der Waals surface area contributed by atoms with Crippen molar-refractivity contribution in [1.82, 2.24) is 0 Å². The van der Waals surface area contributed by atoms with Crippen LogP contribution in [0, 0.1) is 0 Å². The second-order valence-corrected chi connectivity index (χ2v) is 15.2. The normalized spacial score (nSPS) is 11.3. The van der Waals surface area contributed by atoms with E-state index in [2.05, 4.69) is 241 Å². The summed E-state index contributed by atoms with van der Waals surface area (Å²) in [7, 11) is 0. The van der Waals surface area contributed by atoms with Crippen molar-refractivity contribution in [1.29, 1.82) is 0 Å². The molecule has 0 fully saturated rings. The third kappa shape index (κ3) is 6.32. The molecule has 0 aliphatic heterocycles. The average Bonchev–Trinajstić information content (AvgIpc) is 3.73. The number of fused-ring (bicyclic) bond motifs is 5. The van der Waals surface area contributed by atoms with Gasteiger partial charge in [-0.25, -0.2) is 0 Å². The Hall–Kier alpha value is -7.94. The zero-order chi connectivity index (χ0) is 39.8. The number of para-hydroxylation sites is 2. The van der Waals surface area contributed by atoms with Crippen molar-refractivity contribution in [3.8, 4) is 55.6 Å². The highest BCUT2D eigenvalue weighted by Gasteiger charge is 2.23. The minimum Gasteiger partial charge on any atom is -0.455 e. The molecule has 10 aromatic carbocycles. The van der Waals surface area contributed by atoms with Gasteiger partial charge in [-0.1, -0.05) is 200 Å². The van der Waals surface area contributed by atoms with E-state index in [1.165, 1.54) is 38.8 Å². The highest BCUT2D eigenvalue weighted by Crippen LogP contribution is 2.48. The van der Waals surface area contributed by atoms with E-state index in [9.17, 15) is 0 Å². The van der Waals surface area contributed by atoms with Crippen LogP contribution in [0.2, 0.25) is 0 Å². The van der Waals surface area contributed by atoms with Gasteiger partial charge in [0.05, 0.1) is 11.4 Å². The quantitative estimate of drug-likeness (QED) is 0.153. The van der Waals surface area contributed by atoms with Gasteiger partial charge < -0.3 is 9.32 Å². The van der Waals surface area contributed by atoms with E-state index in [4.69, 9.17) is 4.42 Å². The van der Waals surface area contributed by atoms with E-state index in [0.717, 1.165) is 66.6 Å². The van der Waals surface area contributed by atoms with Gasteiger partial charge in [0, 0.05) is 33.0 Å². The summed E-state index contributed by atoms with van der Waals surface area (Å²) in [5.74, 6) is 0. The molecule has 0 saturated carbocycles. The highest BCUT2D eigenvalue weighted by molar-refractivity contribution is 6.19. The first-order valence-electron chi connectivity index (χ1n) is 20.5. The predicted molar refractivity (Wildman–Crippen MR) is 253 cm³/mol. The first-order valence-corrected chi connectivity index (χ1v) is 20.5. The predicted octanol–water partition coefficient (Wildman–Crippen LogP) is 16.5. The fourth-order valence-corrected chi connectivity index (χ4v) is 8.76. The first kappa shape index (κ1) is 35.2. The lowest BCUT2D eigenvalue weighted by molar-refractivity contribution is 0.673. The van der Waals surface area contributed by atoms with Crippen LogP contribution in [0.5, 0.6) is 0 Å². The maximum absolute atomic E-state index is 6.69. The molecule has 0 N–H and O–H groups in total. The molecule has 2 nitrogen and oxygen atoms in total. The van der Waals surface area contributed by atoms with Crippen LogP contribution < -0.4 is 4.90 Å². The molecular formula is C58H39NO. The molecule has 1 heterocycles. The van der Waals surface area contributed by atoms with Crippen molar-refractivity contribution in [2.24, 2.45) is 0 Å². The smallest absolute Gasteiger partial charge is 0.143 e. The van der Waals surface area contributed by atoms with Gasteiger partial charge in [-0.2, -0.15) is 0 Å². The van der Waals surface area contributed by atoms with Crippen LogP contribution in [-0.2, 0) is 0 Å². The summed E-state index contributed by atoms with van der Waals surface area (Å²) in [6.45, 7) is 0. The van der Waals surface area contributed by atoms with Crippen LogP contribution in [0.1, 0.15) is 0 Å². The maximum Gasteiger partial charge on any atom is 0.143 e. The van der Waals surface area contributed by atoms with Gasteiger partial charge in [-0.15, -0.1) is 0 Å². The lowest BCUT2D eigenvalue weighted by atomic mass is 9.95. The molecule has 11 rings (SSSR count). The number of rotatable bonds is 8. The van der Waals surface area contributed by atoms with Crippen LogP contribution >= 0.6 is 0 Å². The third-order valence-corrected chi connectivity index (χ3v) is 11.7. The Labute approximate surface area is 349 Å². The monoisotopic (exact) mass is 765 g/mol. The number of furan rings is 1. The molecule has 11 aromatic rings. The van der Waals surface area contributed by atoms with Crippen molar-refractivity contribution in [3.05, 3.63) is 237 Å². The molecule has 0 saturated heterocycles. The average molecular weight is 766 g/mol. The van der Waals surface area contributed by atoms with Crippen molar-refractivity contribution in [2.45, 2.75) is 0 Å². The third-order valence-electron chi connectivity index (χ3n) is 11.7. The Morgan fingerprint density at radius 2 is 0.750 bits per heavy atom. The molecule has 0 aliphatic rings. The van der Waals surface area contributed by atoms with Crippen LogP contribution in [0.3, 0.4) is 0 Å². The standard InChI is InChI=1S/C58H39NO/c1-3-14-40(15-4-1)42-26-28-44(29-27-42)45-34-37-48(38-35-45)59(54-23-11-9-19-49(54)47-32-30-43(31-33-47)41-16-5-2-6-17-41)55-24-12-10-21-51(55)52-22-13-25-56-57(52)53-39-36-46-18-7-8-20-50(46)58(53)60-56/h1-39H. The summed E-state index contributed by atoms with van der Waals surface area (Å²) < 4.78 is 6.69. The molecule has 0 aliphatic carbocycles. The molecule has 0 atom stereocenters. The van der Waals surface area contributed by atoms with Crippen molar-refractivity contribution < 1.29 is 4.42 Å². The van der Waals surface area contributed by atoms with Gasteiger partial charge in [-0.05, 0) is 86.3 Å². The molecule has 0 radical (unpaired) electrons. The van der Waals surface area contributed by atoms with Gasteiger partial charge in [0.1, 0.15) is 11.2 Å². The zero-order valence-electron chi connectivity index (χ0n) is 32.9. The second kappa shape index (κ2) is 15.1. The first-order chi connectivity index (χ1) is 29.8. The molecule has 0 bridgehead atoms.